The lowest BCUT2D eigenvalue weighted by Crippen LogP contribution is -1.93. The normalized spacial score (nSPS) is 10.9. The van der Waals surface area contributed by atoms with Gasteiger partial charge in [-0.3, -0.25) is 0 Å². The van der Waals surface area contributed by atoms with Gasteiger partial charge in [-0.15, -0.1) is 11.6 Å². The summed E-state index contributed by atoms with van der Waals surface area (Å²) in [5, 5.41) is 0. The lowest BCUT2D eigenvalue weighted by molar-refractivity contribution is 0.517. The summed E-state index contributed by atoms with van der Waals surface area (Å²) < 4.78 is 8.35. The molecule has 0 aliphatic heterocycles. The zero-order valence-electron chi connectivity index (χ0n) is 12.4. The van der Waals surface area contributed by atoms with Gasteiger partial charge in [-0.1, -0.05) is 58.4 Å². The molecule has 0 unspecified atom stereocenters. The number of hydrogen-bond acceptors (Lipinski definition) is 1. The van der Waals surface area contributed by atoms with Crippen molar-refractivity contribution < 1.29 is 4.42 Å². The van der Waals surface area contributed by atoms with Crippen molar-refractivity contribution in [2.45, 2.75) is 18.7 Å². The van der Waals surface area contributed by atoms with E-state index < -0.39 is 0 Å². The van der Waals surface area contributed by atoms with E-state index in [0.29, 0.717) is 5.88 Å². The average molecular weight is 502 g/mol. The van der Waals surface area contributed by atoms with Crippen molar-refractivity contribution in [3.05, 3.63) is 79.5 Å². The van der Waals surface area contributed by atoms with Crippen LogP contribution in [0, 0.1) is 3.57 Å². The first-order chi connectivity index (χ1) is 11.2. The van der Waals surface area contributed by atoms with Gasteiger partial charge in [0.15, 0.2) is 0 Å². The number of aryl methyl sites for hydroxylation is 2. The van der Waals surface area contributed by atoms with Crippen molar-refractivity contribution in [2.24, 2.45) is 0 Å². The highest BCUT2D eigenvalue weighted by molar-refractivity contribution is 14.1. The Balaban J connectivity index is 1.88. The molecule has 0 fully saturated rings. The SMILES string of the molecule is ClCc1c(CCc2ccccc2)oc(-c2ccc(Br)cc2)c1I. The molecular weight excluding hydrogens is 486 g/mol. The van der Waals surface area contributed by atoms with Crippen molar-refractivity contribution in [3.63, 3.8) is 0 Å². The van der Waals surface area contributed by atoms with Gasteiger partial charge in [-0.2, -0.15) is 0 Å². The van der Waals surface area contributed by atoms with Crippen LogP contribution in [0.3, 0.4) is 0 Å². The van der Waals surface area contributed by atoms with E-state index in [-0.39, 0.29) is 0 Å². The lowest BCUT2D eigenvalue weighted by atomic mass is 10.1. The molecule has 0 saturated carbocycles. The van der Waals surface area contributed by atoms with Crippen LogP contribution >= 0.6 is 50.1 Å². The second-order valence-corrected chi connectivity index (χ2v) is 7.53. The molecule has 3 rings (SSSR count). The summed E-state index contributed by atoms with van der Waals surface area (Å²) in [5.41, 5.74) is 3.50. The molecule has 0 bridgehead atoms. The molecule has 1 aromatic heterocycles. The molecule has 2 aromatic carbocycles. The van der Waals surface area contributed by atoms with Gasteiger partial charge >= 0.3 is 0 Å². The third-order valence-corrected chi connectivity index (χ3v) is 5.69. The minimum atomic E-state index is 0.475. The van der Waals surface area contributed by atoms with Gasteiger partial charge in [0.2, 0.25) is 0 Å². The maximum Gasteiger partial charge on any atom is 0.147 e. The highest BCUT2D eigenvalue weighted by Crippen LogP contribution is 2.35. The second kappa shape index (κ2) is 7.86. The highest BCUT2D eigenvalue weighted by atomic mass is 127. The van der Waals surface area contributed by atoms with Gasteiger partial charge in [0.1, 0.15) is 11.5 Å². The summed E-state index contributed by atoms with van der Waals surface area (Å²) in [7, 11) is 0. The minimum Gasteiger partial charge on any atom is -0.460 e. The number of rotatable bonds is 5. The van der Waals surface area contributed by atoms with Crippen LogP contribution in [0.1, 0.15) is 16.9 Å². The average Bonchev–Trinajstić information content (AvgIpc) is 2.90. The molecule has 1 heterocycles. The summed E-state index contributed by atoms with van der Waals surface area (Å²) >= 11 is 12.0. The third kappa shape index (κ3) is 4.01. The largest absolute Gasteiger partial charge is 0.460 e. The molecule has 0 radical (unpaired) electrons. The van der Waals surface area contributed by atoms with Gasteiger partial charge in [0, 0.05) is 22.0 Å². The summed E-state index contributed by atoms with van der Waals surface area (Å²) in [6.07, 6.45) is 1.81. The van der Waals surface area contributed by atoms with E-state index in [0.717, 1.165) is 43.5 Å². The van der Waals surface area contributed by atoms with E-state index in [4.69, 9.17) is 16.0 Å². The van der Waals surface area contributed by atoms with Crippen LogP contribution in [0.2, 0.25) is 0 Å². The van der Waals surface area contributed by atoms with Gasteiger partial charge in [0.25, 0.3) is 0 Å². The maximum atomic E-state index is 6.18. The van der Waals surface area contributed by atoms with E-state index in [9.17, 15) is 0 Å². The number of hydrogen-bond donors (Lipinski definition) is 0. The first-order valence-corrected chi connectivity index (χ1v) is 9.75. The predicted octanol–water partition coefficient (Wildman–Crippen LogP) is 6.84. The Bertz CT molecular complexity index is 781. The van der Waals surface area contributed by atoms with Gasteiger partial charge in [0.05, 0.1) is 9.45 Å². The fourth-order valence-corrected chi connectivity index (χ4v) is 4.20. The quantitative estimate of drug-likeness (QED) is 0.276. The van der Waals surface area contributed by atoms with Gasteiger partial charge in [-0.05, 0) is 46.7 Å². The van der Waals surface area contributed by atoms with Gasteiger partial charge in [-0.25, -0.2) is 0 Å². The molecule has 118 valence electrons. The zero-order chi connectivity index (χ0) is 16.2. The standard InChI is InChI=1S/C19H15BrClIO/c20-15-9-7-14(8-10-15)19-18(22)16(12-21)17(23-19)11-6-13-4-2-1-3-5-13/h1-5,7-10H,6,11-12H2. The van der Waals surface area contributed by atoms with E-state index >= 15 is 0 Å². The molecule has 0 aliphatic rings. The molecule has 0 N–H and O–H groups in total. The van der Waals surface area contributed by atoms with E-state index in [1.54, 1.807) is 0 Å². The summed E-state index contributed by atoms with van der Waals surface area (Å²) in [6, 6.07) is 18.6. The zero-order valence-corrected chi connectivity index (χ0v) is 16.9. The van der Waals surface area contributed by atoms with Crippen LogP contribution in [0.15, 0.2) is 63.5 Å². The minimum absolute atomic E-state index is 0.475. The molecule has 0 saturated heterocycles. The molecule has 0 spiro atoms. The van der Waals surface area contributed by atoms with Crippen LogP contribution in [0.25, 0.3) is 11.3 Å². The Hall–Kier alpha value is -0.780. The Morgan fingerprint density at radius 2 is 1.65 bits per heavy atom. The topological polar surface area (TPSA) is 13.1 Å². The summed E-state index contributed by atoms with van der Waals surface area (Å²) in [5.74, 6) is 2.38. The van der Waals surface area contributed by atoms with Crippen LogP contribution in [-0.4, -0.2) is 0 Å². The second-order valence-electron chi connectivity index (χ2n) is 5.27. The molecule has 3 aromatic rings. The molecule has 1 nitrogen and oxygen atoms in total. The lowest BCUT2D eigenvalue weighted by Gasteiger charge is -2.01. The van der Waals surface area contributed by atoms with E-state index in [1.165, 1.54) is 5.56 Å². The predicted molar refractivity (Wildman–Crippen MR) is 108 cm³/mol. The Kier molecular flexibility index (Phi) is 5.83. The van der Waals surface area contributed by atoms with Crippen LogP contribution in [-0.2, 0) is 18.7 Å². The molecule has 0 amide bonds. The summed E-state index contributed by atoms with van der Waals surface area (Å²) in [4.78, 5) is 0. The fraction of sp³-hybridized carbons (Fsp3) is 0.158. The highest BCUT2D eigenvalue weighted by Gasteiger charge is 2.18. The molecular formula is C19H15BrClIO. The Labute approximate surface area is 163 Å². The number of benzene rings is 2. The molecule has 0 atom stereocenters. The van der Waals surface area contributed by atoms with Crippen molar-refractivity contribution in [3.8, 4) is 11.3 Å². The Morgan fingerprint density at radius 1 is 0.957 bits per heavy atom. The maximum absolute atomic E-state index is 6.18. The Morgan fingerprint density at radius 3 is 2.30 bits per heavy atom. The number of furan rings is 1. The molecule has 23 heavy (non-hydrogen) atoms. The monoisotopic (exact) mass is 500 g/mol. The first-order valence-electron chi connectivity index (χ1n) is 7.35. The fourth-order valence-electron chi connectivity index (χ4n) is 2.51. The van der Waals surface area contributed by atoms with Crippen molar-refractivity contribution >= 4 is 50.1 Å². The van der Waals surface area contributed by atoms with Crippen molar-refractivity contribution in [2.75, 3.05) is 0 Å². The van der Waals surface area contributed by atoms with Crippen LogP contribution < -0.4 is 0 Å². The van der Waals surface area contributed by atoms with E-state index in [1.807, 2.05) is 18.2 Å². The third-order valence-electron chi connectivity index (χ3n) is 3.75. The van der Waals surface area contributed by atoms with Crippen LogP contribution in [0.4, 0.5) is 0 Å². The van der Waals surface area contributed by atoms with Crippen molar-refractivity contribution in [1.29, 1.82) is 0 Å². The summed E-state index contributed by atoms with van der Waals surface area (Å²) in [6.45, 7) is 0. The molecule has 4 heteroatoms. The smallest absolute Gasteiger partial charge is 0.147 e. The van der Waals surface area contributed by atoms with E-state index in [2.05, 4.69) is 74.9 Å². The number of halogens is 3. The molecule has 0 aliphatic carbocycles. The van der Waals surface area contributed by atoms with Crippen molar-refractivity contribution in [1.82, 2.24) is 0 Å². The number of alkyl halides is 1. The van der Waals surface area contributed by atoms with Crippen LogP contribution in [0.5, 0.6) is 0 Å². The first kappa shape index (κ1) is 17.1. The van der Waals surface area contributed by atoms with Gasteiger partial charge < -0.3 is 4.42 Å².